The second-order valence-corrected chi connectivity index (χ2v) is 3.35. The highest BCUT2D eigenvalue weighted by Gasteiger charge is 2.10. The third kappa shape index (κ3) is 2.64. The molecule has 0 saturated carbocycles. The molecular weight excluding hydrogens is 200 g/mol. The van der Waals surface area contributed by atoms with Crippen molar-refractivity contribution in [2.45, 2.75) is 32.9 Å². The molecule has 84 valence electrons. The lowest BCUT2D eigenvalue weighted by atomic mass is 10.4. The van der Waals surface area contributed by atoms with Crippen molar-refractivity contribution in [2.24, 2.45) is 0 Å². The molecule has 0 radical (unpaired) electrons. The maximum absolute atomic E-state index is 11.6. The molecule has 1 heterocycles. The fraction of sp³-hybridized carbons (Fsp3) is 0.750. The summed E-state index contributed by atoms with van der Waals surface area (Å²) in [5.41, 5.74) is -0.311. The first kappa shape index (κ1) is 11.4. The Morgan fingerprint density at radius 2 is 2.13 bits per heavy atom. The van der Waals surface area contributed by atoms with Gasteiger partial charge in [0.05, 0.1) is 26.1 Å². The minimum atomic E-state index is -0.374. The van der Waals surface area contributed by atoms with E-state index in [1.165, 1.54) is 11.8 Å². The first-order chi connectivity index (χ1) is 7.06. The third-order valence-electron chi connectivity index (χ3n) is 1.91. The number of hydrogen-bond donors (Lipinski definition) is 0. The van der Waals surface area contributed by atoms with E-state index in [-0.39, 0.29) is 30.7 Å². The molecule has 0 aliphatic carbocycles. The molecule has 0 saturated heterocycles. The molecule has 0 aliphatic heterocycles. The van der Waals surface area contributed by atoms with Crippen molar-refractivity contribution in [3.8, 4) is 0 Å². The van der Waals surface area contributed by atoms with Crippen LogP contribution in [0.4, 0.5) is 0 Å². The van der Waals surface area contributed by atoms with Crippen molar-refractivity contribution in [1.29, 1.82) is 0 Å². The maximum atomic E-state index is 11.6. The van der Waals surface area contributed by atoms with Crippen molar-refractivity contribution in [3.63, 3.8) is 0 Å². The van der Waals surface area contributed by atoms with Gasteiger partial charge >= 0.3 is 11.7 Å². The number of methoxy groups -OCH3 is 1. The van der Waals surface area contributed by atoms with Gasteiger partial charge in [0.2, 0.25) is 0 Å². The molecule has 0 aromatic carbocycles. The van der Waals surface area contributed by atoms with Gasteiger partial charge < -0.3 is 4.74 Å². The Bertz CT molecular complexity index is 393. The highest BCUT2D eigenvalue weighted by Crippen LogP contribution is 1.94. The van der Waals surface area contributed by atoms with Gasteiger partial charge in [-0.15, -0.1) is 0 Å². The van der Waals surface area contributed by atoms with Crippen LogP contribution in [0.15, 0.2) is 4.79 Å². The van der Waals surface area contributed by atoms with E-state index in [9.17, 15) is 9.59 Å². The van der Waals surface area contributed by atoms with Crippen molar-refractivity contribution < 1.29 is 9.53 Å². The summed E-state index contributed by atoms with van der Waals surface area (Å²) in [6.45, 7) is 3.86. The Balaban J connectivity index is 2.71. The van der Waals surface area contributed by atoms with Gasteiger partial charge in [0.15, 0.2) is 0 Å². The molecule has 0 fully saturated rings. The van der Waals surface area contributed by atoms with Gasteiger partial charge in [-0.25, -0.2) is 4.79 Å². The molecule has 1 rings (SSSR count). The van der Waals surface area contributed by atoms with Gasteiger partial charge in [-0.2, -0.15) is 9.36 Å². The number of carbonyl (C=O) groups excluding carboxylic acids is 1. The summed E-state index contributed by atoms with van der Waals surface area (Å²) in [4.78, 5) is 22.4. The highest BCUT2D eigenvalue weighted by atomic mass is 16.5. The number of aryl methyl sites for hydroxylation is 1. The van der Waals surface area contributed by atoms with Crippen molar-refractivity contribution in [3.05, 3.63) is 10.5 Å². The first-order valence-corrected chi connectivity index (χ1v) is 4.65. The zero-order valence-electron chi connectivity index (χ0n) is 9.01. The SMILES string of the molecule is COC(=O)CCn1nnn(C(C)C)c1=O. The van der Waals surface area contributed by atoms with E-state index in [1.54, 1.807) is 0 Å². The molecule has 7 heteroatoms. The number of ether oxygens (including phenoxy) is 1. The summed E-state index contributed by atoms with van der Waals surface area (Å²) in [7, 11) is 1.30. The molecular formula is C8H14N4O3. The van der Waals surface area contributed by atoms with E-state index in [2.05, 4.69) is 15.2 Å². The maximum Gasteiger partial charge on any atom is 0.363 e. The predicted octanol–water partition coefficient (Wildman–Crippen LogP) is -0.416. The Morgan fingerprint density at radius 3 is 2.60 bits per heavy atom. The number of hydrogen-bond acceptors (Lipinski definition) is 5. The summed E-state index contributed by atoms with van der Waals surface area (Å²) < 4.78 is 6.87. The van der Waals surface area contributed by atoms with Crippen LogP contribution in [0.1, 0.15) is 26.3 Å². The van der Waals surface area contributed by atoms with Crippen LogP contribution in [0.3, 0.4) is 0 Å². The quantitative estimate of drug-likeness (QED) is 0.636. The largest absolute Gasteiger partial charge is 0.469 e. The number of rotatable bonds is 4. The van der Waals surface area contributed by atoms with E-state index >= 15 is 0 Å². The summed E-state index contributed by atoms with van der Waals surface area (Å²) in [5, 5.41) is 7.34. The fourth-order valence-corrected chi connectivity index (χ4v) is 1.05. The predicted molar refractivity (Wildman–Crippen MR) is 51.3 cm³/mol. The summed E-state index contributed by atoms with van der Waals surface area (Å²) in [6, 6.07) is -0.0376. The smallest absolute Gasteiger partial charge is 0.363 e. The molecule has 1 aromatic heterocycles. The summed E-state index contributed by atoms with van der Waals surface area (Å²) >= 11 is 0. The molecule has 7 nitrogen and oxygen atoms in total. The van der Waals surface area contributed by atoms with Crippen LogP contribution in [-0.2, 0) is 16.1 Å². The molecule has 0 atom stereocenters. The zero-order valence-corrected chi connectivity index (χ0v) is 9.01. The van der Waals surface area contributed by atoms with Crippen LogP contribution in [0.5, 0.6) is 0 Å². The minimum Gasteiger partial charge on any atom is -0.469 e. The van der Waals surface area contributed by atoms with Gasteiger partial charge in [-0.3, -0.25) is 4.79 Å². The average Bonchev–Trinajstić information content (AvgIpc) is 2.56. The van der Waals surface area contributed by atoms with Crippen molar-refractivity contribution in [1.82, 2.24) is 19.8 Å². The molecule has 0 bridgehead atoms. The third-order valence-corrected chi connectivity index (χ3v) is 1.91. The van der Waals surface area contributed by atoms with E-state index in [1.807, 2.05) is 13.8 Å². The van der Waals surface area contributed by atoms with Crippen LogP contribution in [0, 0.1) is 0 Å². The molecule has 1 aromatic rings. The number of carbonyl (C=O) groups is 1. The highest BCUT2D eigenvalue weighted by molar-refractivity contribution is 5.68. The molecule has 0 N–H and O–H groups in total. The normalized spacial score (nSPS) is 10.7. The molecule has 0 unspecified atom stereocenters. The number of tetrazole rings is 1. The summed E-state index contributed by atoms with van der Waals surface area (Å²) in [6.07, 6.45) is 0.118. The van der Waals surface area contributed by atoms with E-state index in [4.69, 9.17) is 0 Å². The number of nitrogens with zero attached hydrogens (tertiary/aromatic N) is 4. The van der Waals surface area contributed by atoms with Gasteiger partial charge in [-0.05, 0) is 24.3 Å². The topological polar surface area (TPSA) is 79.0 Å². The van der Waals surface area contributed by atoms with Crippen LogP contribution >= 0.6 is 0 Å². The zero-order chi connectivity index (χ0) is 11.4. The molecule has 0 aliphatic rings. The van der Waals surface area contributed by atoms with E-state index < -0.39 is 0 Å². The van der Waals surface area contributed by atoms with Crippen molar-refractivity contribution >= 4 is 5.97 Å². The van der Waals surface area contributed by atoms with Crippen LogP contribution in [0.25, 0.3) is 0 Å². The Kier molecular flexibility index (Phi) is 3.59. The Hall–Kier alpha value is -1.66. The van der Waals surface area contributed by atoms with Crippen molar-refractivity contribution in [2.75, 3.05) is 7.11 Å². The minimum absolute atomic E-state index is 0.0376. The first-order valence-electron chi connectivity index (χ1n) is 4.65. The second-order valence-electron chi connectivity index (χ2n) is 3.35. The average molecular weight is 214 g/mol. The van der Waals surface area contributed by atoms with Gasteiger partial charge in [0.25, 0.3) is 0 Å². The second kappa shape index (κ2) is 4.72. The molecule has 0 amide bonds. The van der Waals surface area contributed by atoms with Crippen LogP contribution in [0.2, 0.25) is 0 Å². The number of esters is 1. The van der Waals surface area contributed by atoms with Crippen LogP contribution in [-0.4, -0.2) is 32.9 Å². The lowest BCUT2D eigenvalue weighted by Gasteiger charge is -2.00. The van der Waals surface area contributed by atoms with E-state index in [0.29, 0.717) is 0 Å². The Morgan fingerprint density at radius 1 is 1.47 bits per heavy atom. The molecule has 0 spiro atoms. The van der Waals surface area contributed by atoms with Gasteiger partial charge in [-0.1, -0.05) is 0 Å². The van der Waals surface area contributed by atoms with Gasteiger partial charge in [0, 0.05) is 0 Å². The van der Waals surface area contributed by atoms with Crippen LogP contribution < -0.4 is 5.69 Å². The fourth-order valence-electron chi connectivity index (χ4n) is 1.05. The standard InChI is InChI=1S/C8H14N4O3/c1-6(2)12-8(14)11(9-10-12)5-4-7(13)15-3/h6H,4-5H2,1-3H3. The van der Waals surface area contributed by atoms with E-state index in [0.717, 1.165) is 4.68 Å². The number of aromatic nitrogens is 4. The Labute approximate surface area is 86.6 Å². The monoisotopic (exact) mass is 214 g/mol. The lowest BCUT2D eigenvalue weighted by molar-refractivity contribution is -0.140. The summed E-state index contributed by atoms with van der Waals surface area (Å²) in [5.74, 6) is -0.374. The molecule has 15 heavy (non-hydrogen) atoms. The van der Waals surface area contributed by atoms with Gasteiger partial charge in [0.1, 0.15) is 0 Å². The lowest BCUT2D eigenvalue weighted by Crippen LogP contribution is -2.27.